The molecule has 0 bridgehead atoms. The van der Waals surface area contributed by atoms with E-state index >= 15 is 0 Å². The molecular weight excluding hydrogens is 233 g/mol. The summed E-state index contributed by atoms with van der Waals surface area (Å²) in [6.45, 7) is 0. The molecule has 0 heterocycles. The first kappa shape index (κ1) is 13.4. The molecule has 10 heavy (non-hydrogen) atoms. The summed E-state index contributed by atoms with van der Waals surface area (Å²) in [4.78, 5) is 34.1. The molecule has 2 N–H and O–H groups in total. The van der Waals surface area contributed by atoms with Crippen LogP contribution < -0.4 is 9.79 Å². The van der Waals surface area contributed by atoms with Crippen molar-refractivity contribution >= 4 is 15.6 Å². The zero-order chi connectivity index (χ0) is 7.71. The van der Waals surface area contributed by atoms with Gasteiger partial charge in [0.25, 0.3) is 0 Å². The van der Waals surface area contributed by atoms with Crippen LogP contribution in [0, 0.1) is 0 Å². The summed E-state index contributed by atoms with van der Waals surface area (Å²) in [5.41, 5.74) is 0. The van der Waals surface area contributed by atoms with E-state index in [1.165, 1.54) is 0 Å². The Labute approximate surface area is 66.1 Å². The van der Waals surface area contributed by atoms with Crippen LogP contribution in [0.4, 0.5) is 0 Å². The van der Waals surface area contributed by atoms with Gasteiger partial charge in [-0.15, -0.1) is 0 Å². The third kappa shape index (κ3) is 11.5. The second-order valence-corrected chi connectivity index (χ2v) is 3.55. The molecule has 63 valence electrons. The van der Waals surface area contributed by atoms with Gasteiger partial charge in [-0.1, -0.05) is 0 Å². The number of rotatable bonds is 2. The minimum Gasteiger partial charge on any atom is -0.789 e. The quantitative estimate of drug-likeness (QED) is 0.525. The van der Waals surface area contributed by atoms with Crippen molar-refractivity contribution in [1.82, 2.24) is 0 Å². The van der Waals surface area contributed by atoms with E-state index in [1.807, 2.05) is 0 Å². The molecular formula is H2CoO7P2. The first-order chi connectivity index (χ1) is 3.71. The maximum Gasteiger partial charge on any atom is 2.00 e. The third-order valence-corrected chi connectivity index (χ3v) is 1.86. The molecule has 0 fully saturated rings. The largest absolute Gasteiger partial charge is 2.00 e. The zero-order valence-corrected chi connectivity index (χ0v) is 6.99. The van der Waals surface area contributed by atoms with E-state index in [2.05, 4.69) is 4.31 Å². The van der Waals surface area contributed by atoms with E-state index in [0.717, 1.165) is 0 Å². The molecule has 10 heteroatoms. The fraction of sp³-hybridized carbons (Fsp3) is 0. The first-order valence-corrected chi connectivity index (χ1v) is 4.49. The Kier molecular flexibility index (Phi) is 5.29. The van der Waals surface area contributed by atoms with E-state index < -0.39 is 15.6 Å². The molecule has 7 nitrogen and oxygen atoms in total. The molecule has 0 aromatic heterocycles. The summed E-state index contributed by atoms with van der Waals surface area (Å²) in [5.74, 6) is 0. The van der Waals surface area contributed by atoms with Gasteiger partial charge in [-0.25, -0.2) is 4.57 Å². The normalized spacial score (nSPS) is 12.4. The first-order valence-electron chi connectivity index (χ1n) is 1.50. The third-order valence-electron chi connectivity index (χ3n) is 0.206. The summed E-state index contributed by atoms with van der Waals surface area (Å²) in [6, 6.07) is 0. The summed E-state index contributed by atoms with van der Waals surface area (Å²) >= 11 is 0. The van der Waals surface area contributed by atoms with Gasteiger partial charge in [-0.05, 0) is 0 Å². The van der Waals surface area contributed by atoms with Crippen molar-refractivity contribution in [2.24, 2.45) is 0 Å². The van der Waals surface area contributed by atoms with Crippen LogP contribution in [0.5, 0.6) is 0 Å². The molecule has 0 aliphatic carbocycles. The van der Waals surface area contributed by atoms with Crippen molar-refractivity contribution in [1.29, 1.82) is 0 Å². The van der Waals surface area contributed by atoms with Gasteiger partial charge < -0.3 is 24.1 Å². The van der Waals surface area contributed by atoms with E-state index in [4.69, 9.17) is 9.79 Å². The van der Waals surface area contributed by atoms with Crippen molar-refractivity contribution < 1.29 is 49.8 Å². The van der Waals surface area contributed by atoms with Gasteiger partial charge in [-0.3, -0.25) is 4.31 Å². The summed E-state index contributed by atoms with van der Waals surface area (Å²) in [5, 5.41) is 0. The fourth-order valence-electron chi connectivity index (χ4n) is 0.130. The molecule has 1 radical (unpaired) electrons. The molecule has 0 spiro atoms. The van der Waals surface area contributed by atoms with Crippen molar-refractivity contribution in [2.75, 3.05) is 0 Å². The predicted molar refractivity (Wildman–Crippen MR) is 20.7 cm³/mol. The van der Waals surface area contributed by atoms with Gasteiger partial charge in [0, 0.05) is 0 Å². The van der Waals surface area contributed by atoms with Gasteiger partial charge in [0.1, 0.15) is 0 Å². The molecule has 0 saturated heterocycles. The van der Waals surface area contributed by atoms with Gasteiger partial charge in [0.05, 0.1) is 7.82 Å². The van der Waals surface area contributed by atoms with Gasteiger partial charge in [0.15, 0.2) is 0 Å². The smallest absolute Gasteiger partial charge is 0.789 e. The fourth-order valence-corrected chi connectivity index (χ4v) is 1.17. The molecule has 0 aromatic rings. The Bertz CT molecular complexity index is 152. The van der Waals surface area contributed by atoms with Crippen molar-refractivity contribution in [3.05, 3.63) is 0 Å². The molecule has 0 aromatic carbocycles. The average Bonchev–Trinajstić information content (AvgIpc) is 1.14. The minimum absolute atomic E-state index is 0. The number of phosphoric acid groups is 2. The van der Waals surface area contributed by atoms with Crippen LogP contribution in [0.1, 0.15) is 0 Å². The average molecular weight is 235 g/mol. The van der Waals surface area contributed by atoms with E-state index in [-0.39, 0.29) is 16.8 Å². The summed E-state index contributed by atoms with van der Waals surface area (Å²) < 4.78 is 21.7. The Balaban J connectivity index is 0. The van der Waals surface area contributed by atoms with E-state index in [0.29, 0.717) is 0 Å². The minimum atomic E-state index is -5.55. The van der Waals surface area contributed by atoms with Crippen molar-refractivity contribution in [3.8, 4) is 0 Å². The van der Waals surface area contributed by atoms with Crippen LogP contribution in [-0.4, -0.2) is 9.79 Å². The van der Waals surface area contributed by atoms with Crippen LogP contribution in [0.3, 0.4) is 0 Å². The van der Waals surface area contributed by atoms with Crippen molar-refractivity contribution in [2.45, 2.75) is 0 Å². The standard InChI is InChI=1S/Co.H4O7P2/c;1-8(2,3)7-9(4,5)6/h;(H2,1,2,3)(H2,4,5,6)/q+2;/p-2. The van der Waals surface area contributed by atoms with Crippen LogP contribution in [0.2, 0.25) is 0 Å². The van der Waals surface area contributed by atoms with Crippen LogP contribution >= 0.6 is 15.6 Å². The maximum absolute atomic E-state index is 9.55. The predicted octanol–water partition coefficient (Wildman–Crippen LogP) is -2.08. The Morgan fingerprint density at radius 1 is 1.20 bits per heavy atom. The van der Waals surface area contributed by atoms with Crippen LogP contribution in [-0.2, 0) is 30.2 Å². The summed E-state index contributed by atoms with van der Waals surface area (Å²) in [7, 11) is -10.7. The van der Waals surface area contributed by atoms with E-state index in [9.17, 15) is 18.9 Å². The monoisotopic (exact) mass is 235 g/mol. The molecule has 0 rings (SSSR count). The van der Waals surface area contributed by atoms with Crippen molar-refractivity contribution in [3.63, 3.8) is 0 Å². The Hall–Kier alpha value is 0.766. The SMILES string of the molecule is O=P([O-])([O-])OP(=O)(O)O.[Co+2]. The van der Waals surface area contributed by atoms with Gasteiger partial charge in [0.2, 0.25) is 0 Å². The van der Waals surface area contributed by atoms with E-state index in [1.54, 1.807) is 0 Å². The summed E-state index contributed by atoms with van der Waals surface area (Å²) in [6.07, 6.45) is 0. The molecule has 0 atom stereocenters. The second kappa shape index (κ2) is 3.96. The topological polar surface area (TPSA) is 130 Å². The molecule has 0 saturated carbocycles. The van der Waals surface area contributed by atoms with Gasteiger partial charge >= 0.3 is 24.6 Å². The maximum atomic E-state index is 9.55. The van der Waals surface area contributed by atoms with Crippen LogP contribution in [0.15, 0.2) is 0 Å². The molecule has 0 aliphatic rings. The Morgan fingerprint density at radius 3 is 1.50 bits per heavy atom. The van der Waals surface area contributed by atoms with Crippen LogP contribution in [0.25, 0.3) is 0 Å². The molecule has 0 unspecified atom stereocenters. The second-order valence-electron chi connectivity index (χ2n) is 1.02. The number of hydrogen-bond acceptors (Lipinski definition) is 5. The number of hydrogen-bond donors (Lipinski definition) is 2. The Morgan fingerprint density at radius 2 is 1.50 bits per heavy atom. The molecule has 0 aliphatic heterocycles. The molecule has 0 amide bonds. The van der Waals surface area contributed by atoms with Gasteiger partial charge in [-0.2, -0.15) is 0 Å². The zero-order valence-electron chi connectivity index (χ0n) is 4.16.